The molecular weight excluding hydrogens is 111 g/mol. The Hall–Kier alpha value is 0.343. The minimum absolute atomic E-state index is 0. The molecule has 0 saturated carbocycles. The van der Waals surface area contributed by atoms with E-state index in [1.807, 2.05) is 0 Å². The first-order valence-electron chi connectivity index (χ1n) is 0.605. The van der Waals surface area contributed by atoms with Crippen molar-refractivity contribution >= 4 is 0 Å². The van der Waals surface area contributed by atoms with E-state index >= 15 is 0 Å². The zero-order valence-electron chi connectivity index (χ0n) is 2.27. The molecule has 0 aromatic rings. The molecule has 0 fully saturated rings. The Balaban J connectivity index is 0. The van der Waals surface area contributed by atoms with Crippen molar-refractivity contribution in [1.82, 2.24) is 6.15 Å². The van der Waals surface area contributed by atoms with Gasteiger partial charge in [-0.05, 0) is 0 Å². The maximum atomic E-state index is 8.67. The van der Waals surface area contributed by atoms with E-state index in [-0.39, 0.29) is 6.15 Å². The average molecular weight is 115 g/mol. The molecule has 3 nitrogen and oxygen atoms in total. The predicted molar refractivity (Wildman–Crippen MR) is 7.93 cm³/mol. The van der Waals surface area contributed by atoms with Gasteiger partial charge in [-0.25, -0.2) is 0 Å². The second kappa shape index (κ2) is 10.2. The van der Waals surface area contributed by atoms with Gasteiger partial charge in [0.05, 0.1) is 0 Å². The first kappa shape index (κ1) is 8.84. The fourth-order valence-corrected chi connectivity index (χ4v) is 0. The normalized spacial score (nSPS) is 2.25. The molecule has 0 aliphatic rings. The Labute approximate surface area is 31.9 Å². The van der Waals surface area contributed by atoms with Crippen LogP contribution in [-0.2, 0) is 21.0 Å². The zero-order chi connectivity index (χ0) is 2.71. The van der Waals surface area contributed by atoms with Crippen LogP contribution in [0.3, 0.4) is 0 Å². The Kier molecular flexibility index (Phi) is 22.5. The topological polar surface area (TPSA) is 72.3 Å². The van der Waals surface area contributed by atoms with E-state index in [1.165, 1.54) is 0 Å². The number of rotatable bonds is 0. The van der Waals surface area contributed by atoms with Gasteiger partial charge in [0.1, 0.15) is 0 Å². The molecular formula is H4NO2Zn. The van der Waals surface area contributed by atoms with Crippen molar-refractivity contribution in [2.45, 2.75) is 0 Å². The molecule has 0 amide bonds. The molecule has 4 heteroatoms. The number of hydrogen-bond acceptors (Lipinski definition) is 2. The molecule has 0 aromatic carbocycles. The Morgan fingerprint density at radius 2 is 1.75 bits per heavy atom. The second-order valence-corrected chi connectivity index (χ2v) is 0.671. The summed E-state index contributed by atoms with van der Waals surface area (Å²) in [4.78, 5) is 0. The molecule has 0 atom stereocenters. The summed E-state index contributed by atoms with van der Waals surface area (Å²) in [5, 5.41) is 0. The molecule has 0 bridgehead atoms. The van der Waals surface area contributed by atoms with Crippen LogP contribution >= 0.6 is 0 Å². The van der Waals surface area contributed by atoms with E-state index in [9.17, 15) is 0 Å². The monoisotopic (exact) mass is 114 g/mol. The van der Waals surface area contributed by atoms with Crippen LogP contribution in [0.2, 0.25) is 0 Å². The summed E-state index contributed by atoms with van der Waals surface area (Å²) in [5.74, 6) is 0. The molecule has 0 spiro atoms. The van der Waals surface area contributed by atoms with Crippen LogP contribution in [0, 0.1) is 0 Å². The molecule has 0 aliphatic carbocycles. The molecule has 0 radical (unpaired) electrons. The van der Waals surface area contributed by atoms with Crippen LogP contribution in [0.1, 0.15) is 0 Å². The van der Waals surface area contributed by atoms with Crippen molar-refractivity contribution < 1.29 is 24.9 Å². The quantitative estimate of drug-likeness (QED) is 0.418. The summed E-state index contributed by atoms with van der Waals surface area (Å²) >= 11 is -2.12. The van der Waals surface area contributed by atoms with Gasteiger partial charge >= 0.3 is 24.9 Å². The molecule has 0 aromatic heterocycles. The summed E-state index contributed by atoms with van der Waals surface area (Å²) in [5.41, 5.74) is 0. The van der Waals surface area contributed by atoms with E-state index in [0.717, 1.165) is 0 Å². The summed E-state index contributed by atoms with van der Waals surface area (Å²) in [6.07, 6.45) is 0. The van der Waals surface area contributed by atoms with E-state index in [0.29, 0.717) is 0 Å². The Bertz CT molecular complexity index is 13.5. The fraction of sp³-hybridized carbons (Fsp3) is 0. The first-order chi connectivity index (χ1) is 1.41. The van der Waals surface area contributed by atoms with Gasteiger partial charge in [0, 0.05) is 0 Å². The van der Waals surface area contributed by atoms with Gasteiger partial charge in [-0.1, -0.05) is 0 Å². The molecule has 0 unspecified atom stereocenters. The van der Waals surface area contributed by atoms with Crippen LogP contribution in [0.5, 0.6) is 0 Å². The maximum absolute atomic E-state index is 8.67. The molecule has 0 rings (SSSR count). The summed E-state index contributed by atoms with van der Waals surface area (Å²) in [7, 11) is 0. The minimum atomic E-state index is -2.12. The van der Waals surface area contributed by atoms with Gasteiger partial charge in [-0.15, -0.1) is 0 Å². The second-order valence-electron chi connectivity index (χ2n) is 0.129. The van der Waals surface area contributed by atoms with Crippen molar-refractivity contribution in [1.29, 1.82) is 0 Å². The molecule has 0 saturated heterocycles. The summed E-state index contributed by atoms with van der Waals surface area (Å²) in [6, 6.07) is 0. The van der Waals surface area contributed by atoms with E-state index < -0.39 is 17.4 Å². The van der Waals surface area contributed by atoms with Gasteiger partial charge in [0.25, 0.3) is 0 Å². The van der Waals surface area contributed by atoms with Crippen molar-refractivity contribution in [3.63, 3.8) is 0 Å². The van der Waals surface area contributed by atoms with Gasteiger partial charge in [-0.2, -0.15) is 0 Å². The van der Waals surface area contributed by atoms with Crippen LogP contribution in [0.15, 0.2) is 0 Å². The van der Waals surface area contributed by atoms with Crippen molar-refractivity contribution in [2.24, 2.45) is 0 Å². The van der Waals surface area contributed by atoms with E-state index in [4.69, 9.17) is 7.51 Å². The summed E-state index contributed by atoms with van der Waals surface area (Å²) < 4.78 is 15.9. The Morgan fingerprint density at radius 3 is 1.75 bits per heavy atom. The van der Waals surface area contributed by atoms with Gasteiger partial charge in [0.2, 0.25) is 0 Å². The molecule has 0 heterocycles. The average Bonchev–Trinajstić information content (AvgIpc) is 0.918. The molecule has 23 valence electrons. The zero-order valence-corrected chi connectivity index (χ0v) is 5.24. The van der Waals surface area contributed by atoms with Crippen LogP contribution in [0.25, 0.3) is 0 Å². The third-order valence-corrected chi connectivity index (χ3v) is 0. The third-order valence-electron chi connectivity index (χ3n) is 0. The fourth-order valence-electron chi connectivity index (χ4n) is 0. The Morgan fingerprint density at radius 1 is 1.75 bits per heavy atom. The molecule has 4 heavy (non-hydrogen) atoms. The van der Waals surface area contributed by atoms with E-state index in [2.05, 4.69) is 0 Å². The molecule has 4 N–H and O–H groups in total. The van der Waals surface area contributed by atoms with Crippen molar-refractivity contribution in [3.05, 3.63) is 0 Å². The third kappa shape index (κ3) is 35.9. The SMILES string of the molecule is N.[O]=[Zn][OH]. The molecule has 0 aliphatic heterocycles. The predicted octanol–water partition coefficient (Wildman–Crippen LogP) is -0.516. The van der Waals surface area contributed by atoms with Gasteiger partial charge < -0.3 is 6.15 Å². The number of hydrogen-bond donors (Lipinski definition) is 2. The summed E-state index contributed by atoms with van der Waals surface area (Å²) in [6.45, 7) is 0. The standard InChI is InChI=1S/H3N.H2O.O.Zn/h1H3;1H2;;/q;;;+1/p-1. The van der Waals surface area contributed by atoms with Crippen LogP contribution < -0.4 is 6.15 Å². The van der Waals surface area contributed by atoms with Crippen molar-refractivity contribution in [3.8, 4) is 0 Å². The first-order valence-corrected chi connectivity index (χ1v) is 3.14. The van der Waals surface area contributed by atoms with Crippen LogP contribution in [-0.4, -0.2) is 3.93 Å². The van der Waals surface area contributed by atoms with Crippen LogP contribution in [0.4, 0.5) is 0 Å². The van der Waals surface area contributed by atoms with E-state index in [1.54, 1.807) is 0 Å². The van der Waals surface area contributed by atoms with Crippen molar-refractivity contribution in [2.75, 3.05) is 0 Å². The van der Waals surface area contributed by atoms with Gasteiger partial charge in [0.15, 0.2) is 0 Å². The van der Waals surface area contributed by atoms with Gasteiger partial charge in [-0.3, -0.25) is 0 Å².